The van der Waals surface area contributed by atoms with Crippen LogP contribution in [0.3, 0.4) is 0 Å². The molecule has 24 heavy (non-hydrogen) atoms. The van der Waals surface area contributed by atoms with Crippen molar-refractivity contribution in [1.29, 1.82) is 0 Å². The maximum atomic E-state index is 13.6. The molecule has 0 aromatic heterocycles. The second kappa shape index (κ2) is 6.89. The number of fused-ring (bicyclic) bond motifs is 1. The molecule has 0 unspecified atom stereocenters. The van der Waals surface area contributed by atoms with Gasteiger partial charge in [0.2, 0.25) is 11.8 Å². The molecule has 0 aliphatic carbocycles. The zero-order valence-corrected chi connectivity index (χ0v) is 14.1. The Morgan fingerprint density at radius 2 is 2.17 bits per heavy atom. The Bertz CT molecular complexity index is 649. The molecule has 3 atom stereocenters. The lowest BCUT2D eigenvalue weighted by atomic mass is 10.0. The van der Waals surface area contributed by atoms with Gasteiger partial charge in [-0.25, -0.2) is 4.39 Å². The van der Waals surface area contributed by atoms with Crippen molar-refractivity contribution in [3.63, 3.8) is 0 Å². The molecule has 2 N–H and O–H groups in total. The van der Waals surface area contributed by atoms with Crippen molar-refractivity contribution in [2.45, 2.75) is 57.8 Å². The summed E-state index contributed by atoms with van der Waals surface area (Å²) >= 11 is 0. The fraction of sp³-hybridized carbons (Fsp3) is 0.556. The number of carbonyl (C=O) groups is 2. The second-order valence-corrected chi connectivity index (χ2v) is 6.75. The van der Waals surface area contributed by atoms with Gasteiger partial charge in [-0.05, 0) is 37.0 Å². The number of hydrogen-bond acceptors (Lipinski definition) is 3. The van der Waals surface area contributed by atoms with Crippen LogP contribution >= 0.6 is 0 Å². The van der Waals surface area contributed by atoms with Gasteiger partial charge in [-0.1, -0.05) is 25.5 Å². The van der Waals surface area contributed by atoms with Crippen LogP contribution in [0.25, 0.3) is 0 Å². The highest BCUT2D eigenvalue weighted by atomic mass is 19.1. The van der Waals surface area contributed by atoms with Gasteiger partial charge in [0.15, 0.2) is 0 Å². The topological polar surface area (TPSA) is 61.4 Å². The zero-order chi connectivity index (χ0) is 17.3. The van der Waals surface area contributed by atoms with Crippen LogP contribution in [0.2, 0.25) is 0 Å². The van der Waals surface area contributed by atoms with Gasteiger partial charge in [0.25, 0.3) is 0 Å². The molecule has 1 aromatic carbocycles. The van der Waals surface area contributed by atoms with Crippen molar-refractivity contribution in [3.8, 4) is 0 Å². The quantitative estimate of drug-likeness (QED) is 0.858. The third-order valence-corrected chi connectivity index (χ3v) is 4.91. The van der Waals surface area contributed by atoms with E-state index < -0.39 is 0 Å². The average molecular weight is 333 g/mol. The smallest absolute Gasteiger partial charge is 0.245 e. The van der Waals surface area contributed by atoms with Crippen LogP contribution < -0.4 is 10.6 Å². The SMILES string of the molecule is CCC[C@@H]1NC(=O)[C@@H]2C[C@H](NCc3ccc(C)c(F)c3)CN2C1=O. The number of carbonyl (C=O) groups excluding carboxylic acids is 2. The van der Waals surface area contributed by atoms with Gasteiger partial charge >= 0.3 is 0 Å². The molecule has 0 saturated carbocycles. The number of hydrogen-bond donors (Lipinski definition) is 2. The lowest BCUT2D eigenvalue weighted by Crippen LogP contribution is -2.61. The molecule has 2 aliphatic heterocycles. The molecule has 2 saturated heterocycles. The number of nitrogens with zero attached hydrogens (tertiary/aromatic N) is 1. The molecule has 6 heteroatoms. The number of amides is 2. The summed E-state index contributed by atoms with van der Waals surface area (Å²) < 4.78 is 13.6. The molecule has 2 amide bonds. The average Bonchev–Trinajstić information content (AvgIpc) is 2.99. The minimum absolute atomic E-state index is 0.0205. The van der Waals surface area contributed by atoms with Gasteiger partial charge in [0.1, 0.15) is 17.9 Å². The first kappa shape index (κ1) is 16.9. The highest BCUT2D eigenvalue weighted by Gasteiger charge is 2.45. The molecular weight excluding hydrogens is 309 g/mol. The maximum absolute atomic E-state index is 13.6. The third-order valence-electron chi connectivity index (χ3n) is 4.91. The van der Waals surface area contributed by atoms with Crippen molar-refractivity contribution in [1.82, 2.24) is 15.5 Å². The summed E-state index contributed by atoms with van der Waals surface area (Å²) in [7, 11) is 0. The summed E-state index contributed by atoms with van der Waals surface area (Å²) in [6.45, 7) is 4.79. The van der Waals surface area contributed by atoms with E-state index in [1.165, 1.54) is 6.07 Å². The predicted octanol–water partition coefficient (Wildman–Crippen LogP) is 1.49. The summed E-state index contributed by atoms with van der Waals surface area (Å²) in [6.07, 6.45) is 2.13. The monoisotopic (exact) mass is 333 g/mol. The molecule has 0 bridgehead atoms. The first-order valence-corrected chi connectivity index (χ1v) is 8.59. The molecule has 130 valence electrons. The minimum Gasteiger partial charge on any atom is -0.343 e. The first-order chi connectivity index (χ1) is 11.5. The number of rotatable bonds is 5. The molecule has 0 radical (unpaired) electrons. The van der Waals surface area contributed by atoms with Crippen molar-refractivity contribution >= 4 is 11.8 Å². The van der Waals surface area contributed by atoms with E-state index >= 15 is 0 Å². The zero-order valence-electron chi connectivity index (χ0n) is 14.1. The first-order valence-electron chi connectivity index (χ1n) is 8.59. The third kappa shape index (κ3) is 3.29. The Kier molecular flexibility index (Phi) is 4.85. The van der Waals surface area contributed by atoms with E-state index in [1.807, 2.05) is 13.0 Å². The normalized spacial score (nSPS) is 26.5. The number of piperazine rings is 1. The fourth-order valence-corrected chi connectivity index (χ4v) is 3.50. The number of aryl methyl sites for hydroxylation is 1. The summed E-state index contributed by atoms with van der Waals surface area (Å²) in [5.74, 6) is -0.249. The highest BCUT2D eigenvalue weighted by molar-refractivity contribution is 5.97. The lowest BCUT2D eigenvalue weighted by Gasteiger charge is -2.34. The molecule has 2 heterocycles. The van der Waals surface area contributed by atoms with Gasteiger partial charge in [-0.2, -0.15) is 0 Å². The van der Waals surface area contributed by atoms with Crippen LogP contribution in [0.15, 0.2) is 18.2 Å². The molecule has 0 spiro atoms. The van der Waals surface area contributed by atoms with Gasteiger partial charge in [0.05, 0.1) is 0 Å². The van der Waals surface area contributed by atoms with Gasteiger partial charge in [0, 0.05) is 19.1 Å². The summed E-state index contributed by atoms with van der Waals surface area (Å²) in [5, 5.41) is 6.19. The Morgan fingerprint density at radius 1 is 1.38 bits per heavy atom. The Labute approximate surface area is 141 Å². The fourth-order valence-electron chi connectivity index (χ4n) is 3.50. The largest absolute Gasteiger partial charge is 0.343 e. The van der Waals surface area contributed by atoms with Crippen molar-refractivity contribution in [3.05, 3.63) is 35.1 Å². The van der Waals surface area contributed by atoms with E-state index in [0.717, 1.165) is 12.0 Å². The molecule has 2 aliphatic rings. The highest BCUT2D eigenvalue weighted by Crippen LogP contribution is 2.24. The Morgan fingerprint density at radius 3 is 2.88 bits per heavy atom. The van der Waals surface area contributed by atoms with E-state index in [4.69, 9.17) is 0 Å². The van der Waals surface area contributed by atoms with Gasteiger partial charge < -0.3 is 15.5 Å². The van der Waals surface area contributed by atoms with Crippen molar-refractivity contribution in [2.24, 2.45) is 0 Å². The van der Waals surface area contributed by atoms with Crippen molar-refractivity contribution < 1.29 is 14.0 Å². The number of nitrogens with one attached hydrogen (secondary N) is 2. The maximum Gasteiger partial charge on any atom is 0.245 e. The van der Waals surface area contributed by atoms with Crippen LogP contribution in [0.5, 0.6) is 0 Å². The summed E-state index contributed by atoms with van der Waals surface area (Å²) in [4.78, 5) is 26.4. The minimum atomic E-state index is -0.385. The Hall–Kier alpha value is -1.95. The van der Waals surface area contributed by atoms with E-state index in [2.05, 4.69) is 10.6 Å². The summed E-state index contributed by atoms with van der Waals surface area (Å²) in [6, 6.07) is 4.47. The molecule has 1 aromatic rings. The van der Waals surface area contributed by atoms with Crippen LogP contribution in [0.1, 0.15) is 37.3 Å². The van der Waals surface area contributed by atoms with Crippen LogP contribution in [0, 0.1) is 12.7 Å². The molecule has 3 rings (SSSR count). The lowest BCUT2D eigenvalue weighted by molar-refractivity contribution is -0.147. The standard InChI is InChI=1S/C18H24FN3O2/c1-3-4-15-18(24)22-10-13(8-16(22)17(23)21-15)20-9-12-6-5-11(2)14(19)7-12/h5-7,13,15-16,20H,3-4,8-10H2,1-2H3,(H,21,23)/t13-,15-,16-/m0/s1. The summed E-state index contributed by atoms with van der Waals surface area (Å²) in [5.41, 5.74) is 1.49. The van der Waals surface area contributed by atoms with Crippen LogP contribution in [0.4, 0.5) is 4.39 Å². The van der Waals surface area contributed by atoms with Crippen LogP contribution in [-0.4, -0.2) is 41.4 Å². The molecular formula is C18H24FN3O2. The van der Waals surface area contributed by atoms with E-state index in [9.17, 15) is 14.0 Å². The molecule has 5 nitrogen and oxygen atoms in total. The van der Waals surface area contributed by atoms with Crippen LogP contribution in [-0.2, 0) is 16.1 Å². The Balaban J connectivity index is 1.61. The second-order valence-electron chi connectivity index (χ2n) is 6.75. The van der Waals surface area contributed by atoms with E-state index in [0.29, 0.717) is 31.5 Å². The van der Waals surface area contributed by atoms with E-state index in [-0.39, 0.29) is 35.8 Å². The van der Waals surface area contributed by atoms with Gasteiger partial charge in [-0.3, -0.25) is 9.59 Å². The number of benzene rings is 1. The predicted molar refractivity (Wildman–Crippen MR) is 88.7 cm³/mol. The number of halogens is 1. The van der Waals surface area contributed by atoms with Gasteiger partial charge in [-0.15, -0.1) is 0 Å². The van der Waals surface area contributed by atoms with E-state index in [1.54, 1.807) is 17.9 Å². The van der Waals surface area contributed by atoms with Crippen molar-refractivity contribution in [2.75, 3.05) is 6.54 Å². The molecule has 2 fully saturated rings.